The van der Waals surface area contributed by atoms with Gasteiger partial charge >= 0.3 is 0 Å². The van der Waals surface area contributed by atoms with Crippen LogP contribution in [0.1, 0.15) is 42.5 Å². The van der Waals surface area contributed by atoms with E-state index >= 15 is 0 Å². The van der Waals surface area contributed by atoms with Gasteiger partial charge in [0, 0.05) is 44.6 Å². The highest BCUT2D eigenvalue weighted by molar-refractivity contribution is 5.97. The molecule has 7 nitrogen and oxygen atoms in total. The van der Waals surface area contributed by atoms with Crippen LogP contribution in [0, 0.1) is 5.41 Å². The maximum Gasteiger partial charge on any atom is 0.257 e. The minimum atomic E-state index is -0.388. The lowest BCUT2D eigenvalue weighted by molar-refractivity contribution is -0.139. The first-order valence-corrected chi connectivity index (χ1v) is 9.15. The number of rotatable bonds is 4. The van der Waals surface area contributed by atoms with E-state index in [0.717, 1.165) is 19.3 Å². The Bertz CT molecular complexity index is 693. The molecule has 0 aliphatic carbocycles. The fraction of sp³-hybridized carbons (Fsp3) is 0.579. The smallest absolute Gasteiger partial charge is 0.257 e. The van der Waals surface area contributed by atoms with Gasteiger partial charge in [0.15, 0.2) is 11.5 Å². The molecule has 0 radical (unpaired) electrons. The molecule has 2 aliphatic heterocycles. The van der Waals surface area contributed by atoms with Gasteiger partial charge in [0.05, 0.1) is 5.56 Å². The van der Waals surface area contributed by atoms with Gasteiger partial charge in [0.1, 0.15) is 0 Å². The molecule has 2 heterocycles. The van der Waals surface area contributed by atoms with Gasteiger partial charge in [0.25, 0.3) is 5.91 Å². The number of aromatic hydroxyl groups is 2. The van der Waals surface area contributed by atoms with Crippen molar-refractivity contribution in [1.29, 1.82) is 0 Å². The van der Waals surface area contributed by atoms with Crippen molar-refractivity contribution >= 4 is 11.8 Å². The third-order valence-corrected chi connectivity index (χ3v) is 5.53. The van der Waals surface area contributed by atoms with E-state index < -0.39 is 0 Å². The summed E-state index contributed by atoms with van der Waals surface area (Å²) in [5, 5.41) is 28.7. The zero-order valence-corrected chi connectivity index (χ0v) is 14.9. The number of hydrogen-bond donors (Lipinski definition) is 3. The van der Waals surface area contributed by atoms with Crippen LogP contribution in [-0.2, 0) is 4.79 Å². The van der Waals surface area contributed by atoms with E-state index in [0.29, 0.717) is 39.0 Å². The maximum atomic E-state index is 12.9. The highest BCUT2D eigenvalue weighted by Gasteiger charge is 2.42. The number of phenols is 2. The number of hydrogen-bond acceptors (Lipinski definition) is 5. The van der Waals surface area contributed by atoms with Gasteiger partial charge in [0.2, 0.25) is 5.91 Å². The normalized spacial score (nSPS) is 23.5. The fourth-order valence-corrected chi connectivity index (χ4v) is 4.16. The Balaban J connectivity index is 1.75. The standard InChI is InChI=1S/C19H26N2O5/c22-11-3-10-20-12-19(8-6-16(20)24)7-2-9-21(13-19)18(26)14-4-1-5-15(23)17(14)25/h1,4-5,22-23,25H,2-3,6-13H2. The number of carbonyl (C=O) groups excluding carboxylic acids is 2. The molecule has 2 aliphatic rings. The Kier molecular flexibility index (Phi) is 5.36. The molecule has 2 saturated heterocycles. The molecule has 1 unspecified atom stereocenters. The second kappa shape index (κ2) is 7.53. The largest absolute Gasteiger partial charge is 0.504 e. The molecule has 3 N–H and O–H groups in total. The summed E-state index contributed by atoms with van der Waals surface area (Å²) in [6.07, 6.45) is 3.56. The predicted molar refractivity (Wildman–Crippen MR) is 94.9 cm³/mol. The van der Waals surface area contributed by atoms with Crippen molar-refractivity contribution < 1.29 is 24.9 Å². The van der Waals surface area contributed by atoms with Crippen LogP contribution < -0.4 is 0 Å². The first kappa shape index (κ1) is 18.5. The molecule has 2 amide bonds. The van der Waals surface area contributed by atoms with Gasteiger partial charge in [-0.25, -0.2) is 0 Å². The van der Waals surface area contributed by atoms with Crippen LogP contribution >= 0.6 is 0 Å². The van der Waals surface area contributed by atoms with E-state index in [-0.39, 0.29) is 40.9 Å². The van der Waals surface area contributed by atoms with Crippen LogP contribution in [0.5, 0.6) is 11.5 Å². The first-order chi connectivity index (χ1) is 12.5. The monoisotopic (exact) mass is 362 g/mol. The molecule has 7 heteroatoms. The summed E-state index contributed by atoms with van der Waals surface area (Å²) in [7, 11) is 0. The topological polar surface area (TPSA) is 101 Å². The number of aliphatic hydroxyl groups excluding tert-OH is 1. The summed E-state index contributed by atoms with van der Waals surface area (Å²) >= 11 is 0. The maximum absolute atomic E-state index is 12.9. The van der Waals surface area contributed by atoms with Crippen LogP contribution in [-0.4, -0.2) is 69.7 Å². The summed E-state index contributed by atoms with van der Waals surface area (Å²) in [6.45, 7) is 2.32. The van der Waals surface area contributed by atoms with Gasteiger partial charge in [-0.15, -0.1) is 0 Å². The van der Waals surface area contributed by atoms with Crippen molar-refractivity contribution in [2.45, 2.75) is 32.1 Å². The van der Waals surface area contributed by atoms with Crippen molar-refractivity contribution in [2.75, 3.05) is 32.8 Å². The lowest BCUT2D eigenvalue weighted by Crippen LogP contribution is -2.55. The van der Waals surface area contributed by atoms with E-state index in [9.17, 15) is 19.8 Å². The van der Waals surface area contributed by atoms with Crippen LogP contribution in [0.4, 0.5) is 0 Å². The summed E-state index contributed by atoms with van der Waals surface area (Å²) in [5.74, 6) is -0.879. The van der Waals surface area contributed by atoms with Crippen molar-refractivity contribution in [2.24, 2.45) is 5.41 Å². The molecule has 0 saturated carbocycles. The Hall–Kier alpha value is -2.28. The fourth-order valence-electron chi connectivity index (χ4n) is 4.16. The average molecular weight is 362 g/mol. The second-order valence-corrected chi connectivity index (χ2v) is 7.40. The number of benzene rings is 1. The summed E-state index contributed by atoms with van der Waals surface area (Å²) in [6, 6.07) is 4.39. The SMILES string of the molecule is O=C1CCC2(CCCN(C(=O)c3cccc(O)c3O)C2)CN1CCCO. The predicted octanol–water partition coefficient (Wildman–Crippen LogP) is 1.32. The molecule has 1 atom stereocenters. The van der Waals surface area contributed by atoms with Crippen LogP contribution in [0.2, 0.25) is 0 Å². The number of para-hydroxylation sites is 1. The molecule has 3 rings (SSSR count). The molecule has 0 aromatic heterocycles. The van der Waals surface area contributed by atoms with Crippen molar-refractivity contribution in [3.63, 3.8) is 0 Å². The van der Waals surface area contributed by atoms with Crippen molar-refractivity contribution in [1.82, 2.24) is 9.80 Å². The lowest BCUT2D eigenvalue weighted by Gasteiger charge is -2.48. The van der Waals surface area contributed by atoms with Crippen LogP contribution in [0.3, 0.4) is 0 Å². The zero-order valence-electron chi connectivity index (χ0n) is 14.9. The third-order valence-electron chi connectivity index (χ3n) is 5.53. The number of nitrogens with zero attached hydrogens (tertiary/aromatic N) is 2. The van der Waals surface area contributed by atoms with Gasteiger partial charge in [-0.3, -0.25) is 9.59 Å². The van der Waals surface area contributed by atoms with Crippen LogP contribution in [0.15, 0.2) is 18.2 Å². The minimum Gasteiger partial charge on any atom is -0.504 e. The Morgan fingerprint density at radius 3 is 2.77 bits per heavy atom. The van der Waals surface area contributed by atoms with Crippen molar-refractivity contribution in [3.05, 3.63) is 23.8 Å². The number of aliphatic hydroxyl groups is 1. The van der Waals surface area contributed by atoms with Gasteiger partial charge in [-0.1, -0.05) is 6.07 Å². The highest BCUT2D eigenvalue weighted by Crippen LogP contribution is 2.40. The lowest BCUT2D eigenvalue weighted by atomic mass is 9.73. The van der Waals surface area contributed by atoms with E-state index in [4.69, 9.17) is 5.11 Å². The van der Waals surface area contributed by atoms with Gasteiger partial charge in [-0.2, -0.15) is 0 Å². The molecule has 1 aromatic carbocycles. The second-order valence-electron chi connectivity index (χ2n) is 7.40. The van der Waals surface area contributed by atoms with E-state index in [1.807, 2.05) is 0 Å². The Morgan fingerprint density at radius 1 is 1.19 bits per heavy atom. The molecule has 1 spiro atoms. The summed E-state index contributed by atoms with van der Waals surface area (Å²) < 4.78 is 0. The van der Waals surface area contributed by atoms with Crippen molar-refractivity contribution in [3.8, 4) is 11.5 Å². The number of piperidine rings is 2. The highest BCUT2D eigenvalue weighted by atomic mass is 16.3. The number of phenolic OH excluding ortho intramolecular Hbond substituents is 2. The van der Waals surface area contributed by atoms with E-state index in [2.05, 4.69) is 0 Å². The first-order valence-electron chi connectivity index (χ1n) is 9.15. The Labute approximate surface area is 152 Å². The molecular formula is C19H26N2O5. The van der Waals surface area contributed by atoms with Crippen LogP contribution in [0.25, 0.3) is 0 Å². The average Bonchev–Trinajstić information content (AvgIpc) is 2.64. The minimum absolute atomic E-state index is 0.0537. The molecule has 0 bridgehead atoms. The summed E-state index contributed by atoms with van der Waals surface area (Å²) in [5.41, 5.74) is -0.0324. The number of carbonyl (C=O) groups is 2. The van der Waals surface area contributed by atoms with E-state index in [1.54, 1.807) is 9.80 Å². The molecule has 26 heavy (non-hydrogen) atoms. The zero-order chi connectivity index (χ0) is 18.7. The quantitative estimate of drug-likeness (QED) is 0.702. The molecule has 2 fully saturated rings. The van der Waals surface area contributed by atoms with E-state index in [1.165, 1.54) is 18.2 Å². The molecular weight excluding hydrogens is 336 g/mol. The number of amides is 2. The molecule has 1 aromatic rings. The van der Waals surface area contributed by atoms with Gasteiger partial charge in [-0.05, 0) is 37.8 Å². The van der Waals surface area contributed by atoms with Gasteiger partial charge < -0.3 is 25.1 Å². The molecule has 142 valence electrons. The third kappa shape index (κ3) is 3.62. The summed E-state index contributed by atoms with van der Waals surface area (Å²) in [4.78, 5) is 28.5. The Morgan fingerprint density at radius 2 is 2.00 bits per heavy atom. The number of likely N-dealkylation sites (tertiary alicyclic amines) is 2.